The number of nitrogens with zero attached hydrogens (tertiary/aromatic N) is 3. The molecule has 0 spiro atoms. The fourth-order valence-electron chi connectivity index (χ4n) is 1.55. The van der Waals surface area contributed by atoms with Crippen molar-refractivity contribution in [2.24, 2.45) is 5.92 Å². The number of rotatable bonds is 5. The molecule has 0 amide bonds. The van der Waals surface area contributed by atoms with E-state index >= 15 is 0 Å². The molecule has 92 valence electrons. The highest BCUT2D eigenvalue weighted by atomic mass is 32.1. The number of aromatic nitrogens is 3. The van der Waals surface area contributed by atoms with E-state index in [9.17, 15) is 0 Å². The maximum atomic E-state index is 4.46. The van der Waals surface area contributed by atoms with E-state index < -0.39 is 0 Å². The van der Waals surface area contributed by atoms with Gasteiger partial charge in [0.05, 0.1) is 17.2 Å². The van der Waals surface area contributed by atoms with E-state index in [2.05, 4.69) is 39.1 Å². The molecular weight excluding hydrogens is 232 g/mol. The number of thiazole rings is 1. The first-order valence-electron chi connectivity index (χ1n) is 5.81. The van der Waals surface area contributed by atoms with Gasteiger partial charge in [0.15, 0.2) is 0 Å². The molecule has 0 radical (unpaired) electrons. The molecule has 0 unspecified atom stereocenters. The van der Waals surface area contributed by atoms with Crippen LogP contribution in [0.25, 0.3) is 0 Å². The second-order valence-corrected chi connectivity index (χ2v) is 5.57. The third-order valence-corrected chi connectivity index (χ3v) is 3.21. The highest BCUT2D eigenvalue weighted by Gasteiger charge is 2.05. The van der Waals surface area contributed by atoms with Gasteiger partial charge in [0.2, 0.25) is 5.95 Å². The van der Waals surface area contributed by atoms with Gasteiger partial charge in [0, 0.05) is 24.3 Å². The Hall–Kier alpha value is -1.36. The molecule has 0 aliphatic rings. The van der Waals surface area contributed by atoms with Gasteiger partial charge >= 0.3 is 0 Å². The zero-order chi connectivity index (χ0) is 12.3. The van der Waals surface area contributed by atoms with Gasteiger partial charge in [-0.25, -0.2) is 9.97 Å². The van der Waals surface area contributed by atoms with Gasteiger partial charge in [0.1, 0.15) is 0 Å². The van der Waals surface area contributed by atoms with Crippen LogP contribution < -0.4 is 5.32 Å². The lowest BCUT2D eigenvalue weighted by atomic mass is 10.2. The van der Waals surface area contributed by atoms with Gasteiger partial charge < -0.3 is 9.88 Å². The number of hydrogen-bond acceptors (Lipinski definition) is 4. The smallest absolute Gasteiger partial charge is 0.203 e. The summed E-state index contributed by atoms with van der Waals surface area (Å²) in [6.07, 6.45) is 3.80. The molecule has 0 aliphatic carbocycles. The van der Waals surface area contributed by atoms with Crippen molar-refractivity contribution in [1.82, 2.24) is 14.5 Å². The van der Waals surface area contributed by atoms with Gasteiger partial charge in [-0.05, 0) is 12.8 Å². The van der Waals surface area contributed by atoms with Crippen molar-refractivity contribution < 1.29 is 0 Å². The molecule has 2 aromatic rings. The summed E-state index contributed by atoms with van der Waals surface area (Å²) in [6, 6.07) is 0. The fourth-order valence-corrected chi connectivity index (χ4v) is 2.16. The van der Waals surface area contributed by atoms with Crippen LogP contribution >= 0.6 is 11.3 Å². The van der Waals surface area contributed by atoms with Crippen molar-refractivity contribution in [3.8, 4) is 0 Å². The topological polar surface area (TPSA) is 42.7 Å². The minimum atomic E-state index is 0.613. The molecule has 0 bridgehead atoms. The third-order valence-electron chi connectivity index (χ3n) is 2.38. The first-order chi connectivity index (χ1) is 8.15. The summed E-state index contributed by atoms with van der Waals surface area (Å²) >= 11 is 1.69. The maximum Gasteiger partial charge on any atom is 0.203 e. The molecule has 0 fully saturated rings. The van der Waals surface area contributed by atoms with Gasteiger partial charge in [-0.1, -0.05) is 13.8 Å². The first kappa shape index (κ1) is 12.1. The Morgan fingerprint density at radius 2 is 2.29 bits per heavy atom. The molecule has 2 heterocycles. The minimum absolute atomic E-state index is 0.613. The molecule has 17 heavy (non-hydrogen) atoms. The van der Waals surface area contributed by atoms with E-state index in [1.165, 1.54) is 0 Å². The average molecular weight is 250 g/mol. The SMILES string of the molecule is Cc1nc(Cn2ccnc2NCC(C)C)cs1. The summed E-state index contributed by atoms with van der Waals surface area (Å²) in [5, 5.41) is 6.55. The van der Waals surface area contributed by atoms with E-state index in [0.717, 1.165) is 29.7 Å². The van der Waals surface area contributed by atoms with Crippen LogP contribution in [-0.4, -0.2) is 21.1 Å². The standard InChI is InChI=1S/C12H18N4S/c1-9(2)6-14-12-13-4-5-16(12)7-11-8-17-10(3)15-11/h4-5,8-9H,6-7H2,1-3H3,(H,13,14). The number of anilines is 1. The second kappa shape index (κ2) is 5.31. The highest BCUT2D eigenvalue weighted by Crippen LogP contribution is 2.12. The summed E-state index contributed by atoms with van der Waals surface area (Å²) in [5.74, 6) is 1.53. The molecule has 2 aromatic heterocycles. The monoisotopic (exact) mass is 250 g/mol. The van der Waals surface area contributed by atoms with Crippen molar-refractivity contribution in [3.63, 3.8) is 0 Å². The summed E-state index contributed by atoms with van der Waals surface area (Å²) in [6.45, 7) is 8.12. The molecule has 4 nitrogen and oxygen atoms in total. The zero-order valence-corrected chi connectivity index (χ0v) is 11.3. The lowest BCUT2D eigenvalue weighted by molar-refractivity contribution is 0.675. The van der Waals surface area contributed by atoms with Crippen molar-refractivity contribution in [2.75, 3.05) is 11.9 Å². The van der Waals surface area contributed by atoms with Crippen LogP contribution in [0.4, 0.5) is 5.95 Å². The van der Waals surface area contributed by atoms with E-state index in [4.69, 9.17) is 0 Å². The average Bonchev–Trinajstić information content (AvgIpc) is 2.86. The highest BCUT2D eigenvalue weighted by molar-refractivity contribution is 7.09. The van der Waals surface area contributed by atoms with E-state index in [1.807, 2.05) is 19.3 Å². The van der Waals surface area contributed by atoms with Crippen LogP contribution in [0.5, 0.6) is 0 Å². The normalized spacial score (nSPS) is 11.1. The van der Waals surface area contributed by atoms with Crippen molar-refractivity contribution >= 4 is 17.3 Å². The Kier molecular flexibility index (Phi) is 3.78. The maximum absolute atomic E-state index is 4.46. The first-order valence-corrected chi connectivity index (χ1v) is 6.69. The van der Waals surface area contributed by atoms with Crippen LogP contribution in [0.3, 0.4) is 0 Å². The van der Waals surface area contributed by atoms with Crippen LogP contribution in [0.1, 0.15) is 24.5 Å². The van der Waals surface area contributed by atoms with Crippen LogP contribution in [0, 0.1) is 12.8 Å². The lowest BCUT2D eigenvalue weighted by Crippen LogP contribution is -2.13. The summed E-state index contributed by atoms with van der Waals surface area (Å²) < 4.78 is 2.09. The Balaban J connectivity index is 2.03. The number of aryl methyl sites for hydroxylation is 1. The minimum Gasteiger partial charge on any atom is -0.355 e. The molecule has 2 rings (SSSR count). The van der Waals surface area contributed by atoms with Gasteiger partial charge in [-0.2, -0.15) is 0 Å². The van der Waals surface area contributed by atoms with E-state index in [1.54, 1.807) is 11.3 Å². The van der Waals surface area contributed by atoms with Crippen LogP contribution in [0.15, 0.2) is 17.8 Å². The predicted molar refractivity (Wildman–Crippen MR) is 71.5 cm³/mol. The van der Waals surface area contributed by atoms with Crippen LogP contribution in [-0.2, 0) is 6.54 Å². The number of imidazole rings is 1. The Morgan fingerprint density at radius 1 is 1.47 bits per heavy atom. The summed E-state index contributed by atoms with van der Waals surface area (Å²) in [4.78, 5) is 8.78. The van der Waals surface area contributed by atoms with Gasteiger partial charge in [-0.3, -0.25) is 0 Å². The van der Waals surface area contributed by atoms with E-state index in [0.29, 0.717) is 5.92 Å². The number of hydrogen-bond donors (Lipinski definition) is 1. The predicted octanol–water partition coefficient (Wildman–Crippen LogP) is 2.76. The van der Waals surface area contributed by atoms with Gasteiger partial charge in [0.25, 0.3) is 0 Å². The fraction of sp³-hybridized carbons (Fsp3) is 0.500. The molecule has 1 N–H and O–H groups in total. The van der Waals surface area contributed by atoms with Crippen molar-refractivity contribution in [2.45, 2.75) is 27.3 Å². The van der Waals surface area contributed by atoms with Crippen LogP contribution in [0.2, 0.25) is 0 Å². The second-order valence-electron chi connectivity index (χ2n) is 4.51. The largest absolute Gasteiger partial charge is 0.355 e. The molecular formula is C12H18N4S. The molecule has 0 saturated heterocycles. The Labute approximate surface area is 106 Å². The molecule has 0 atom stereocenters. The molecule has 0 aromatic carbocycles. The van der Waals surface area contributed by atoms with E-state index in [-0.39, 0.29) is 0 Å². The summed E-state index contributed by atoms with van der Waals surface area (Å²) in [7, 11) is 0. The molecule has 0 saturated carbocycles. The van der Waals surface area contributed by atoms with Crippen molar-refractivity contribution in [3.05, 3.63) is 28.5 Å². The molecule has 0 aliphatic heterocycles. The van der Waals surface area contributed by atoms with Gasteiger partial charge in [-0.15, -0.1) is 11.3 Å². The third kappa shape index (κ3) is 3.30. The van der Waals surface area contributed by atoms with Crippen molar-refractivity contribution in [1.29, 1.82) is 0 Å². The Bertz CT molecular complexity index is 472. The number of nitrogens with one attached hydrogen (secondary N) is 1. The lowest BCUT2D eigenvalue weighted by Gasteiger charge is -2.10. The Morgan fingerprint density at radius 3 is 2.94 bits per heavy atom. The molecule has 5 heteroatoms. The zero-order valence-electron chi connectivity index (χ0n) is 10.5. The summed E-state index contributed by atoms with van der Waals surface area (Å²) in [5.41, 5.74) is 1.10. The quantitative estimate of drug-likeness (QED) is 0.887.